The van der Waals surface area contributed by atoms with Crippen LogP contribution in [0.3, 0.4) is 0 Å². The largest absolute Gasteiger partial charge is 0.329 e. The second-order valence-electron chi connectivity index (χ2n) is 5.84. The Morgan fingerprint density at radius 3 is 2.72 bits per heavy atom. The summed E-state index contributed by atoms with van der Waals surface area (Å²) in [5.74, 6) is 0.805. The minimum atomic E-state index is 0.395. The van der Waals surface area contributed by atoms with Gasteiger partial charge in [-0.3, -0.25) is 4.90 Å². The van der Waals surface area contributed by atoms with Crippen LogP contribution in [-0.2, 0) is 0 Å². The summed E-state index contributed by atoms with van der Waals surface area (Å²) in [6, 6.07) is 7.18. The third-order valence-corrected chi connectivity index (χ3v) is 4.27. The molecule has 1 fully saturated rings. The monoisotopic (exact) mass is 246 g/mol. The first-order valence-corrected chi connectivity index (χ1v) is 7.13. The average Bonchev–Trinajstić information content (AvgIpc) is 2.35. The van der Waals surface area contributed by atoms with E-state index < -0.39 is 0 Å². The van der Waals surface area contributed by atoms with E-state index >= 15 is 0 Å². The van der Waals surface area contributed by atoms with Crippen molar-refractivity contribution >= 4 is 0 Å². The van der Waals surface area contributed by atoms with Crippen LogP contribution >= 0.6 is 0 Å². The van der Waals surface area contributed by atoms with Gasteiger partial charge in [0.2, 0.25) is 0 Å². The Morgan fingerprint density at radius 1 is 1.33 bits per heavy atom. The van der Waals surface area contributed by atoms with Crippen molar-refractivity contribution in [1.82, 2.24) is 4.90 Å². The molecular formula is C16H26N2. The van der Waals surface area contributed by atoms with Crippen molar-refractivity contribution in [2.75, 3.05) is 19.6 Å². The van der Waals surface area contributed by atoms with Gasteiger partial charge in [0.15, 0.2) is 0 Å². The maximum Gasteiger partial charge on any atom is 0.0470 e. The minimum absolute atomic E-state index is 0.395. The molecule has 1 aliphatic rings. The third-order valence-electron chi connectivity index (χ3n) is 4.27. The highest BCUT2D eigenvalue weighted by Gasteiger charge is 2.24. The molecule has 1 aromatic carbocycles. The van der Waals surface area contributed by atoms with Crippen LogP contribution in [0.1, 0.15) is 42.5 Å². The number of hydrogen-bond donors (Lipinski definition) is 1. The number of hydrogen-bond acceptors (Lipinski definition) is 2. The fourth-order valence-corrected chi connectivity index (χ4v) is 2.98. The molecule has 2 rings (SSSR count). The molecule has 0 saturated carbocycles. The van der Waals surface area contributed by atoms with Gasteiger partial charge >= 0.3 is 0 Å². The zero-order chi connectivity index (χ0) is 13.1. The highest BCUT2D eigenvalue weighted by molar-refractivity contribution is 5.32. The number of nitrogens with zero attached hydrogens (tertiary/aromatic N) is 1. The van der Waals surface area contributed by atoms with Crippen molar-refractivity contribution in [2.45, 2.75) is 39.7 Å². The standard InChI is InChI=1S/C16H26N2/c1-12-5-4-8-18(11-12)16(10-17)15-7-6-13(2)14(3)9-15/h6-7,9,12,16H,4-5,8,10-11,17H2,1-3H3. The summed E-state index contributed by atoms with van der Waals surface area (Å²) in [5, 5.41) is 0. The lowest BCUT2D eigenvalue weighted by atomic mass is 9.95. The summed E-state index contributed by atoms with van der Waals surface area (Å²) in [5.41, 5.74) is 10.1. The van der Waals surface area contributed by atoms with E-state index in [0.29, 0.717) is 6.04 Å². The Balaban J connectivity index is 2.18. The zero-order valence-electron chi connectivity index (χ0n) is 11.9. The van der Waals surface area contributed by atoms with Crippen molar-refractivity contribution in [3.05, 3.63) is 34.9 Å². The van der Waals surface area contributed by atoms with Gasteiger partial charge in [-0.25, -0.2) is 0 Å². The van der Waals surface area contributed by atoms with Crippen LogP contribution in [0, 0.1) is 19.8 Å². The molecule has 2 nitrogen and oxygen atoms in total. The molecule has 18 heavy (non-hydrogen) atoms. The summed E-state index contributed by atoms with van der Waals surface area (Å²) in [6.07, 6.45) is 2.67. The summed E-state index contributed by atoms with van der Waals surface area (Å²) >= 11 is 0. The van der Waals surface area contributed by atoms with E-state index in [1.54, 1.807) is 0 Å². The Morgan fingerprint density at radius 2 is 2.11 bits per heavy atom. The molecule has 2 atom stereocenters. The lowest BCUT2D eigenvalue weighted by molar-refractivity contribution is 0.133. The molecule has 1 aliphatic heterocycles. The van der Waals surface area contributed by atoms with Gasteiger partial charge in [0.1, 0.15) is 0 Å². The van der Waals surface area contributed by atoms with E-state index in [2.05, 4.69) is 43.9 Å². The second-order valence-corrected chi connectivity index (χ2v) is 5.84. The predicted molar refractivity (Wildman–Crippen MR) is 77.7 cm³/mol. The minimum Gasteiger partial charge on any atom is -0.329 e. The first kappa shape index (κ1) is 13.6. The number of benzene rings is 1. The van der Waals surface area contributed by atoms with E-state index in [0.717, 1.165) is 12.5 Å². The van der Waals surface area contributed by atoms with Gasteiger partial charge in [0.05, 0.1) is 0 Å². The van der Waals surface area contributed by atoms with Crippen LogP contribution in [-0.4, -0.2) is 24.5 Å². The summed E-state index contributed by atoms with van der Waals surface area (Å²) in [6.45, 7) is 9.80. The van der Waals surface area contributed by atoms with Gasteiger partial charge in [-0.05, 0) is 55.8 Å². The lowest BCUT2D eigenvalue weighted by Crippen LogP contribution is -2.40. The van der Waals surface area contributed by atoms with E-state index in [4.69, 9.17) is 5.73 Å². The summed E-state index contributed by atoms with van der Waals surface area (Å²) in [4.78, 5) is 2.57. The fourth-order valence-electron chi connectivity index (χ4n) is 2.98. The second kappa shape index (κ2) is 5.85. The van der Waals surface area contributed by atoms with Crippen LogP contribution in [0.5, 0.6) is 0 Å². The van der Waals surface area contributed by atoms with Crippen molar-refractivity contribution in [1.29, 1.82) is 0 Å². The Labute approximate surface area is 111 Å². The van der Waals surface area contributed by atoms with E-state index in [1.807, 2.05) is 0 Å². The number of nitrogens with two attached hydrogens (primary N) is 1. The van der Waals surface area contributed by atoms with Gasteiger partial charge < -0.3 is 5.73 Å². The third kappa shape index (κ3) is 2.93. The molecule has 1 saturated heterocycles. The van der Waals surface area contributed by atoms with E-state index in [-0.39, 0.29) is 0 Å². The maximum atomic E-state index is 6.03. The van der Waals surface area contributed by atoms with Crippen molar-refractivity contribution in [2.24, 2.45) is 11.7 Å². The number of likely N-dealkylation sites (tertiary alicyclic amines) is 1. The average molecular weight is 246 g/mol. The first-order valence-electron chi connectivity index (χ1n) is 7.13. The van der Waals surface area contributed by atoms with Crippen molar-refractivity contribution < 1.29 is 0 Å². The Kier molecular flexibility index (Phi) is 4.41. The molecule has 0 bridgehead atoms. The SMILES string of the molecule is Cc1ccc(C(CN)N2CCCC(C)C2)cc1C. The molecule has 0 radical (unpaired) electrons. The number of rotatable bonds is 3. The molecule has 0 aliphatic carbocycles. The van der Waals surface area contributed by atoms with Gasteiger partial charge in [-0.1, -0.05) is 25.1 Å². The van der Waals surface area contributed by atoms with Crippen LogP contribution in [0.4, 0.5) is 0 Å². The molecule has 0 amide bonds. The highest BCUT2D eigenvalue weighted by atomic mass is 15.2. The molecule has 0 aromatic heterocycles. The molecule has 2 N–H and O–H groups in total. The fraction of sp³-hybridized carbons (Fsp3) is 0.625. The predicted octanol–water partition coefficient (Wildman–Crippen LogP) is 3.04. The van der Waals surface area contributed by atoms with Crippen molar-refractivity contribution in [3.63, 3.8) is 0 Å². The maximum absolute atomic E-state index is 6.03. The lowest BCUT2D eigenvalue weighted by Gasteiger charge is -2.37. The van der Waals surface area contributed by atoms with Gasteiger partial charge in [0.25, 0.3) is 0 Å². The first-order chi connectivity index (χ1) is 8.61. The molecule has 1 aromatic rings. The summed E-state index contributed by atoms with van der Waals surface area (Å²) < 4.78 is 0. The normalized spacial score (nSPS) is 23.0. The van der Waals surface area contributed by atoms with Gasteiger partial charge in [-0.15, -0.1) is 0 Å². The van der Waals surface area contributed by atoms with Crippen molar-refractivity contribution in [3.8, 4) is 0 Å². The van der Waals surface area contributed by atoms with Crippen LogP contribution in [0.25, 0.3) is 0 Å². The quantitative estimate of drug-likeness (QED) is 0.888. The molecule has 2 unspecified atom stereocenters. The number of aryl methyl sites for hydroxylation is 2. The van der Waals surface area contributed by atoms with Gasteiger partial charge in [0, 0.05) is 19.1 Å². The molecule has 1 heterocycles. The topological polar surface area (TPSA) is 29.3 Å². The number of piperidine rings is 1. The van der Waals surface area contributed by atoms with Crippen LogP contribution in [0.15, 0.2) is 18.2 Å². The smallest absolute Gasteiger partial charge is 0.0470 e. The Bertz CT molecular complexity index is 400. The van der Waals surface area contributed by atoms with E-state index in [1.165, 1.54) is 42.6 Å². The molecule has 0 spiro atoms. The van der Waals surface area contributed by atoms with E-state index in [9.17, 15) is 0 Å². The van der Waals surface area contributed by atoms with Gasteiger partial charge in [-0.2, -0.15) is 0 Å². The summed E-state index contributed by atoms with van der Waals surface area (Å²) in [7, 11) is 0. The molecule has 2 heteroatoms. The Hall–Kier alpha value is -0.860. The zero-order valence-corrected chi connectivity index (χ0v) is 11.9. The van der Waals surface area contributed by atoms with Crippen LogP contribution < -0.4 is 5.73 Å². The molecular weight excluding hydrogens is 220 g/mol. The molecule has 100 valence electrons. The van der Waals surface area contributed by atoms with Crippen LogP contribution in [0.2, 0.25) is 0 Å². The highest BCUT2D eigenvalue weighted by Crippen LogP contribution is 2.27.